The fourth-order valence-electron chi connectivity index (χ4n) is 9.33. The molecular weight excluding hydrogens is 943 g/mol. The van der Waals surface area contributed by atoms with Gasteiger partial charge in [-0.05, 0) is 97.8 Å². The van der Waals surface area contributed by atoms with E-state index in [0.29, 0.717) is 83.5 Å². The van der Waals surface area contributed by atoms with E-state index >= 15 is 0 Å². The third-order valence-electron chi connectivity index (χ3n) is 12.2. The Bertz CT molecular complexity index is 3360. The second-order valence-electron chi connectivity index (χ2n) is 17.1. The minimum absolute atomic E-state index is 0.0149. The van der Waals surface area contributed by atoms with Crippen molar-refractivity contribution in [3.8, 4) is 0 Å². The fourth-order valence-corrected chi connectivity index (χ4v) is 12.0. The Morgan fingerprint density at radius 1 is 0.742 bits per heavy atom. The van der Waals surface area contributed by atoms with Gasteiger partial charge in [0, 0.05) is 72.1 Å². The SMILES string of the molecule is CCN1/C(=C\C=C\C2=[N+](CCCCCC(=O)ON3C(=O)CCC3=O)c3ccc4c(S(=O)(=O)O)cc(S(=O)(=O)O)cc4c3C2(C)C)C(C)(C)c2c1ccc1c(S(=O)(=O)[O-])cc(S(=O)(=O)O)cc21. The largest absolute Gasteiger partial charge is 0.744 e. The predicted octanol–water partition coefficient (Wildman–Crippen LogP) is 5.44. The van der Waals surface area contributed by atoms with Crippen molar-refractivity contribution in [1.29, 1.82) is 0 Å². The minimum Gasteiger partial charge on any atom is -0.744 e. The van der Waals surface area contributed by atoms with Crippen molar-refractivity contribution in [3.05, 3.63) is 83.6 Å². The van der Waals surface area contributed by atoms with Crippen LogP contribution in [0.3, 0.4) is 0 Å². The lowest BCUT2D eigenvalue weighted by atomic mass is 9.78. The maximum absolute atomic E-state index is 12.6. The van der Waals surface area contributed by atoms with Gasteiger partial charge in [0.25, 0.3) is 42.2 Å². The van der Waals surface area contributed by atoms with E-state index in [4.69, 9.17) is 4.84 Å². The Labute approximate surface area is 381 Å². The van der Waals surface area contributed by atoms with Crippen molar-refractivity contribution in [3.63, 3.8) is 0 Å². The lowest BCUT2D eigenvalue weighted by Gasteiger charge is -2.26. The summed E-state index contributed by atoms with van der Waals surface area (Å²) in [4.78, 5) is 40.1. The number of benzene rings is 4. The van der Waals surface area contributed by atoms with Gasteiger partial charge < -0.3 is 14.3 Å². The van der Waals surface area contributed by atoms with Crippen molar-refractivity contribution in [2.75, 3.05) is 18.0 Å². The van der Waals surface area contributed by atoms with Crippen LogP contribution in [0.15, 0.2) is 92.0 Å². The predicted molar refractivity (Wildman–Crippen MR) is 237 cm³/mol. The molecule has 3 heterocycles. The Kier molecular flexibility index (Phi) is 12.3. The highest BCUT2D eigenvalue weighted by molar-refractivity contribution is 7.87. The third kappa shape index (κ3) is 8.69. The zero-order chi connectivity index (χ0) is 48.7. The van der Waals surface area contributed by atoms with Gasteiger partial charge in [-0.25, -0.2) is 13.2 Å². The van der Waals surface area contributed by atoms with Gasteiger partial charge in [0.05, 0.1) is 20.1 Å². The van der Waals surface area contributed by atoms with Gasteiger partial charge in [-0.2, -0.15) is 29.8 Å². The van der Waals surface area contributed by atoms with Crippen LogP contribution >= 0.6 is 0 Å². The molecule has 23 heteroatoms. The molecule has 0 bridgehead atoms. The van der Waals surface area contributed by atoms with Crippen LogP contribution in [0.5, 0.6) is 0 Å². The molecule has 1 fully saturated rings. The van der Waals surface area contributed by atoms with E-state index < -0.39 is 88.7 Å². The summed E-state index contributed by atoms with van der Waals surface area (Å²) in [7, 11) is -20.2. The Balaban J connectivity index is 1.32. The number of carbonyl (C=O) groups is 3. The highest BCUT2D eigenvalue weighted by Crippen LogP contribution is 2.52. The molecule has 0 unspecified atom stereocenters. The van der Waals surface area contributed by atoms with E-state index in [1.807, 2.05) is 44.1 Å². The summed E-state index contributed by atoms with van der Waals surface area (Å²) in [5.74, 6) is -1.96. The third-order valence-corrected chi connectivity index (χ3v) is 15.7. The van der Waals surface area contributed by atoms with Crippen molar-refractivity contribution in [1.82, 2.24) is 5.06 Å². The fraction of sp³-hybridized carbons (Fsp3) is 0.349. The first-order chi connectivity index (χ1) is 30.5. The van der Waals surface area contributed by atoms with E-state index in [-0.39, 0.29) is 40.8 Å². The Hall–Kier alpha value is -5.40. The number of hydroxylamine groups is 2. The Morgan fingerprint density at radius 3 is 1.86 bits per heavy atom. The van der Waals surface area contributed by atoms with Crippen LogP contribution in [0.4, 0.5) is 11.4 Å². The van der Waals surface area contributed by atoms with Crippen molar-refractivity contribution >= 4 is 96.9 Å². The molecule has 3 aliphatic rings. The quantitative estimate of drug-likeness (QED) is 0.0613. The van der Waals surface area contributed by atoms with Crippen LogP contribution in [0.1, 0.15) is 84.3 Å². The summed E-state index contributed by atoms with van der Waals surface area (Å²) in [6.45, 7) is 9.81. The molecule has 0 saturated carbocycles. The molecule has 0 aliphatic carbocycles. The van der Waals surface area contributed by atoms with Crippen LogP contribution in [0, 0.1) is 0 Å². The summed E-state index contributed by atoms with van der Waals surface area (Å²) in [5, 5.41) is 0.653. The molecule has 3 aliphatic heterocycles. The van der Waals surface area contributed by atoms with Gasteiger partial charge in [-0.3, -0.25) is 23.2 Å². The van der Waals surface area contributed by atoms with Gasteiger partial charge in [-0.15, -0.1) is 5.06 Å². The van der Waals surface area contributed by atoms with Gasteiger partial charge in [0.2, 0.25) is 5.69 Å². The summed E-state index contributed by atoms with van der Waals surface area (Å²) < 4.78 is 144. The van der Waals surface area contributed by atoms with E-state index in [1.165, 1.54) is 12.1 Å². The number of carbonyl (C=O) groups excluding carboxylic acids is 3. The van der Waals surface area contributed by atoms with E-state index in [9.17, 15) is 66.3 Å². The maximum atomic E-state index is 12.6. The first-order valence-electron chi connectivity index (χ1n) is 20.5. The highest BCUT2D eigenvalue weighted by Gasteiger charge is 2.47. The van der Waals surface area contributed by atoms with Crippen molar-refractivity contribution in [2.45, 2.75) is 104 Å². The van der Waals surface area contributed by atoms with E-state index in [2.05, 4.69) is 0 Å². The molecule has 0 radical (unpaired) electrons. The van der Waals surface area contributed by atoms with Gasteiger partial charge >= 0.3 is 5.97 Å². The summed E-state index contributed by atoms with van der Waals surface area (Å²) in [6.07, 6.45) is 6.35. The number of unbranched alkanes of at least 4 members (excludes halogenated alkanes) is 2. The summed E-state index contributed by atoms with van der Waals surface area (Å²) >= 11 is 0. The lowest BCUT2D eigenvalue weighted by molar-refractivity contribution is -0.438. The highest BCUT2D eigenvalue weighted by atomic mass is 32.2. The van der Waals surface area contributed by atoms with Crippen LogP contribution < -0.4 is 4.90 Å². The second-order valence-corrected chi connectivity index (χ2v) is 22.7. The number of anilines is 1. The summed E-state index contributed by atoms with van der Waals surface area (Å²) in [6, 6.07) is 9.62. The normalized spacial score (nSPS) is 18.1. The molecule has 0 spiro atoms. The number of hydrogen-bond donors (Lipinski definition) is 3. The summed E-state index contributed by atoms with van der Waals surface area (Å²) in [5.41, 5.74) is 1.32. The minimum atomic E-state index is -5.22. The average Bonchev–Trinajstić information content (AvgIpc) is 3.73. The first-order valence-corrected chi connectivity index (χ1v) is 26.2. The number of amides is 2. The topological polar surface area (TPSA) is 290 Å². The molecule has 1 saturated heterocycles. The monoisotopic (exact) mass is 987 g/mol. The molecule has 3 N–H and O–H groups in total. The second kappa shape index (κ2) is 16.7. The van der Waals surface area contributed by atoms with Gasteiger partial charge in [0.15, 0.2) is 5.71 Å². The maximum Gasteiger partial charge on any atom is 0.333 e. The van der Waals surface area contributed by atoms with Crippen LogP contribution in [0.2, 0.25) is 0 Å². The molecule has 0 atom stereocenters. The zero-order valence-electron chi connectivity index (χ0n) is 36.1. The number of allylic oxidation sites excluding steroid dienone is 4. The molecule has 4 aromatic carbocycles. The van der Waals surface area contributed by atoms with E-state index in [0.717, 1.165) is 12.1 Å². The number of imide groups is 1. The molecule has 4 aromatic rings. The average molecular weight is 988 g/mol. The van der Waals surface area contributed by atoms with Crippen LogP contribution in [0.25, 0.3) is 21.5 Å². The van der Waals surface area contributed by atoms with Gasteiger partial charge in [0.1, 0.15) is 21.6 Å². The van der Waals surface area contributed by atoms with Crippen LogP contribution in [-0.4, -0.2) is 98.1 Å². The van der Waals surface area contributed by atoms with Gasteiger partial charge in [-0.1, -0.05) is 26.0 Å². The smallest absolute Gasteiger partial charge is 0.333 e. The molecule has 7 rings (SSSR count). The molecule has 352 valence electrons. The standard InChI is InChI=1S/C43H45N3O16S4/c1-6-44-31-16-14-27-29(21-25(63(50,51)52)23-33(27)65(56,57)58)40(31)42(2,3)35(44)11-10-12-36-43(4,5)41-30-22-26(64(53,54)55)24-34(66(59,60)61)28(30)15-17-32(41)45(36)20-9-7-8-13-39(49)62-46-37(47)18-19-38(46)48/h10-12,14-17,21-24H,6-9,13,18-20H2,1-5H3,(H3-,50,51,52,53,54,55,56,57,58,59,60,61). The number of fused-ring (bicyclic) bond motifs is 6. The lowest BCUT2D eigenvalue weighted by Crippen LogP contribution is -2.31. The molecular formula is C43H45N3O16S4. The Morgan fingerprint density at radius 2 is 1.30 bits per heavy atom. The molecule has 2 amide bonds. The molecule has 0 aromatic heterocycles. The number of nitrogens with zero attached hydrogens (tertiary/aromatic N) is 3. The van der Waals surface area contributed by atoms with Crippen LogP contribution in [-0.2, 0) is 70.5 Å². The molecule has 19 nitrogen and oxygen atoms in total. The zero-order valence-corrected chi connectivity index (χ0v) is 39.4. The van der Waals surface area contributed by atoms with Crippen molar-refractivity contribution in [2.24, 2.45) is 0 Å². The molecule has 66 heavy (non-hydrogen) atoms. The van der Waals surface area contributed by atoms with Crippen molar-refractivity contribution < 1.29 is 75.7 Å². The number of hydrogen-bond acceptors (Lipinski definition) is 14. The van der Waals surface area contributed by atoms with E-state index in [1.54, 1.807) is 30.4 Å². The number of likely N-dealkylation sites (N-methyl/N-ethyl adjacent to an activating group) is 1. The first kappa shape index (κ1) is 48.5. The number of rotatable bonds is 14.